The van der Waals surface area contributed by atoms with E-state index in [1.807, 2.05) is 6.92 Å². The van der Waals surface area contributed by atoms with Gasteiger partial charge in [-0.1, -0.05) is 59.4 Å². The number of amides is 3. The lowest BCUT2D eigenvalue weighted by Gasteiger charge is -2.24. The maximum absolute atomic E-state index is 12.8. The predicted molar refractivity (Wildman–Crippen MR) is 119 cm³/mol. The zero-order chi connectivity index (χ0) is 22.5. The summed E-state index contributed by atoms with van der Waals surface area (Å²) in [4.78, 5) is 51.4. The molecule has 3 amide bonds. The number of imide groups is 1. The lowest BCUT2D eigenvalue weighted by Crippen LogP contribution is -2.46. The predicted octanol–water partition coefficient (Wildman–Crippen LogP) is 4.44. The molecule has 31 heavy (non-hydrogen) atoms. The maximum atomic E-state index is 12.8. The minimum Gasteiger partial charge on any atom is -0.454 e. The summed E-state index contributed by atoms with van der Waals surface area (Å²) in [5.74, 6) is -2.47. The smallest absolute Gasteiger partial charge is 0.329 e. The second kappa shape index (κ2) is 10.1. The van der Waals surface area contributed by atoms with Crippen LogP contribution in [0.5, 0.6) is 0 Å². The molecule has 0 radical (unpaired) electrons. The number of halogens is 2. The Kier molecular flexibility index (Phi) is 7.46. The van der Waals surface area contributed by atoms with Crippen LogP contribution in [0.1, 0.15) is 46.9 Å². The SMILES string of the molecule is CCCC[C@H](C(=O)OCC(=O)Nc1ccc(Br)cc1Cl)N1C(=O)c2ccccc2C1=O. The number of carbonyl (C=O) groups excluding carboxylic acids is 4. The number of nitrogens with one attached hydrogen (secondary N) is 1. The quantitative estimate of drug-likeness (QED) is 0.421. The summed E-state index contributed by atoms with van der Waals surface area (Å²) in [5.41, 5.74) is 0.877. The third-order valence-electron chi connectivity index (χ3n) is 4.79. The van der Waals surface area contributed by atoms with Gasteiger partial charge in [0.25, 0.3) is 17.7 Å². The molecule has 9 heteroatoms. The van der Waals surface area contributed by atoms with Crippen LogP contribution >= 0.6 is 27.5 Å². The fraction of sp³-hybridized carbons (Fsp3) is 0.273. The van der Waals surface area contributed by atoms with E-state index in [2.05, 4.69) is 21.2 Å². The summed E-state index contributed by atoms with van der Waals surface area (Å²) in [6.45, 7) is 1.36. The molecule has 1 N–H and O–H groups in total. The Balaban J connectivity index is 1.68. The van der Waals surface area contributed by atoms with E-state index in [9.17, 15) is 19.2 Å². The molecule has 7 nitrogen and oxygen atoms in total. The van der Waals surface area contributed by atoms with Crippen LogP contribution in [0.2, 0.25) is 5.02 Å². The fourth-order valence-electron chi connectivity index (χ4n) is 3.25. The zero-order valence-corrected chi connectivity index (χ0v) is 19.0. The first kappa shape index (κ1) is 23.0. The number of hydrogen-bond donors (Lipinski definition) is 1. The number of benzene rings is 2. The van der Waals surface area contributed by atoms with Gasteiger partial charge in [0.15, 0.2) is 6.61 Å². The molecule has 0 saturated heterocycles. The number of anilines is 1. The molecular formula is C22H20BrClN2O5. The largest absolute Gasteiger partial charge is 0.454 e. The number of esters is 1. The molecule has 1 aliphatic rings. The highest BCUT2D eigenvalue weighted by Crippen LogP contribution is 2.27. The van der Waals surface area contributed by atoms with Crippen molar-refractivity contribution in [2.24, 2.45) is 0 Å². The van der Waals surface area contributed by atoms with Crippen LogP contribution in [-0.4, -0.2) is 41.2 Å². The van der Waals surface area contributed by atoms with Crippen LogP contribution < -0.4 is 5.32 Å². The molecule has 3 rings (SSSR count). The number of nitrogens with zero attached hydrogens (tertiary/aromatic N) is 1. The summed E-state index contributed by atoms with van der Waals surface area (Å²) >= 11 is 9.35. The lowest BCUT2D eigenvalue weighted by atomic mass is 10.1. The van der Waals surface area contributed by atoms with Crippen molar-refractivity contribution in [1.82, 2.24) is 4.90 Å². The van der Waals surface area contributed by atoms with E-state index in [1.54, 1.807) is 42.5 Å². The van der Waals surface area contributed by atoms with Crippen molar-refractivity contribution in [2.75, 3.05) is 11.9 Å². The second-order valence-electron chi connectivity index (χ2n) is 6.96. The van der Waals surface area contributed by atoms with Gasteiger partial charge in [-0.2, -0.15) is 0 Å². The van der Waals surface area contributed by atoms with Crippen molar-refractivity contribution < 1.29 is 23.9 Å². The van der Waals surface area contributed by atoms with E-state index in [-0.39, 0.29) is 17.5 Å². The lowest BCUT2D eigenvalue weighted by molar-refractivity contribution is -0.151. The minimum atomic E-state index is -1.10. The third-order valence-corrected chi connectivity index (χ3v) is 5.60. The van der Waals surface area contributed by atoms with E-state index < -0.39 is 36.3 Å². The van der Waals surface area contributed by atoms with Crippen LogP contribution in [0, 0.1) is 0 Å². The summed E-state index contributed by atoms with van der Waals surface area (Å²) < 4.78 is 5.91. The van der Waals surface area contributed by atoms with Gasteiger partial charge in [0, 0.05) is 4.47 Å². The van der Waals surface area contributed by atoms with E-state index in [4.69, 9.17) is 16.3 Å². The normalized spacial score (nSPS) is 13.7. The highest BCUT2D eigenvalue weighted by atomic mass is 79.9. The van der Waals surface area contributed by atoms with Gasteiger partial charge >= 0.3 is 5.97 Å². The zero-order valence-electron chi connectivity index (χ0n) is 16.7. The average Bonchev–Trinajstić information content (AvgIpc) is 3.00. The van der Waals surface area contributed by atoms with Crippen LogP contribution in [0.4, 0.5) is 5.69 Å². The van der Waals surface area contributed by atoms with E-state index in [1.165, 1.54) is 0 Å². The third kappa shape index (κ3) is 5.14. The summed E-state index contributed by atoms with van der Waals surface area (Å²) in [5, 5.41) is 2.88. The molecule has 0 fully saturated rings. The Labute approximate surface area is 192 Å². The van der Waals surface area contributed by atoms with Crippen molar-refractivity contribution in [3.8, 4) is 0 Å². The molecule has 0 spiro atoms. The number of ether oxygens (including phenoxy) is 1. The molecule has 2 aromatic carbocycles. The fourth-order valence-corrected chi connectivity index (χ4v) is 3.97. The van der Waals surface area contributed by atoms with Gasteiger partial charge in [0.2, 0.25) is 0 Å². The molecular weight excluding hydrogens is 488 g/mol. The Morgan fingerprint density at radius 1 is 1.13 bits per heavy atom. The number of fused-ring (bicyclic) bond motifs is 1. The van der Waals surface area contributed by atoms with Gasteiger partial charge in [-0.15, -0.1) is 0 Å². The monoisotopic (exact) mass is 506 g/mol. The summed E-state index contributed by atoms with van der Waals surface area (Å²) in [6.07, 6.45) is 1.62. The van der Waals surface area contributed by atoms with Crippen molar-refractivity contribution >= 4 is 56.9 Å². The maximum Gasteiger partial charge on any atom is 0.329 e. The van der Waals surface area contributed by atoms with Crippen molar-refractivity contribution in [3.63, 3.8) is 0 Å². The van der Waals surface area contributed by atoms with Gasteiger partial charge < -0.3 is 10.1 Å². The highest BCUT2D eigenvalue weighted by molar-refractivity contribution is 9.10. The molecule has 0 bridgehead atoms. The van der Waals surface area contributed by atoms with Gasteiger partial charge in [0.05, 0.1) is 21.8 Å². The van der Waals surface area contributed by atoms with Crippen LogP contribution in [0.25, 0.3) is 0 Å². The average molecular weight is 508 g/mol. The Hall–Kier alpha value is -2.71. The summed E-state index contributed by atoms with van der Waals surface area (Å²) in [7, 11) is 0. The van der Waals surface area contributed by atoms with Crippen molar-refractivity contribution in [3.05, 3.63) is 63.1 Å². The number of unbranched alkanes of at least 4 members (excludes halogenated alkanes) is 1. The molecule has 2 aromatic rings. The van der Waals surface area contributed by atoms with E-state index >= 15 is 0 Å². The van der Waals surface area contributed by atoms with Crippen molar-refractivity contribution in [1.29, 1.82) is 0 Å². The highest BCUT2D eigenvalue weighted by Gasteiger charge is 2.43. The van der Waals surface area contributed by atoms with E-state index in [0.717, 1.165) is 15.8 Å². The van der Waals surface area contributed by atoms with Gasteiger partial charge in [-0.25, -0.2) is 4.79 Å². The summed E-state index contributed by atoms with van der Waals surface area (Å²) in [6, 6.07) is 10.2. The molecule has 1 aliphatic heterocycles. The first-order valence-electron chi connectivity index (χ1n) is 9.72. The number of hydrogen-bond acceptors (Lipinski definition) is 5. The Bertz CT molecular complexity index is 1010. The molecule has 0 aliphatic carbocycles. The van der Waals surface area contributed by atoms with E-state index in [0.29, 0.717) is 17.1 Å². The standard InChI is InChI=1S/C22H20BrClN2O5/c1-2-3-8-18(26-20(28)14-6-4-5-7-15(14)21(26)29)22(30)31-12-19(27)25-17-10-9-13(23)11-16(17)24/h4-7,9-11,18H,2-3,8,12H2,1H3,(H,25,27)/t18-/m1/s1. The topological polar surface area (TPSA) is 92.8 Å². The molecule has 1 atom stereocenters. The minimum absolute atomic E-state index is 0.251. The molecule has 1 heterocycles. The molecule has 0 aromatic heterocycles. The molecule has 162 valence electrons. The Morgan fingerprint density at radius 2 is 1.77 bits per heavy atom. The van der Waals surface area contributed by atoms with Crippen LogP contribution in [-0.2, 0) is 14.3 Å². The van der Waals surface area contributed by atoms with Gasteiger partial charge in [0.1, 0.15) is 6.04 Å². The first-order valence-corrected chi connectivity index (χ1v) is 10.9. The number of carbonyl (C=O) groups is 4. The van der Waals surface area contributed by atoms with Gasteiger partial charge in [-0.05, 0) is 36.8 Å². The van der Waals surface area contributed by atoms with Crippen molar-refractivity contribution in [2.45, 2.75) is 32.2 Å². The molecule has 0 saturated carbocycles. The van der Waals surface area contributed by atoms with Crippen LogP contribution in [0.3, 0.4) is 0 Å². The first-order chi connectivity index (χ1) is 14.8. The molecule has 0 unspecified atom stereocenters. The van der Waals surface area contributed by atoms with Crippen LogP contribution in [0.15, 0.2) is 46.9 Å². The van der Waals surface area contributed by atoms with Gasteiger partial charge in [-0.3, -0.25) is 19.3 Å². The second-order valence-corrected chi connectivity index (χ2v) is 8.29. The number of rotatable bonds is 8. The Morgan fingerprint density at radius 3 is 2.35 bits per heavy atom.